The van der Waals surface area contributed by atoms with Crippen molar-refractivity contribution >= 4 is 11.9 Å². The summed E-state index contributed by atoms with van der Waals surface area (Å²) >= 11 is 0. The first kappa shape index (κ1) is 30.3. The molecule has 8 heteroatoms. The number of nitrogens with zero attached hydrogens (tertiary/aromatic N) is 2. The summed E-state index contributed by atoms with van der Waals surface area (Å²) in [5.41, 5.74) is 3.78. The smallest absolute Gasteiger partial charge is 0.365 e. The summed E-state index contributed by atoms with van der Waals surface area (Å²) in [5.74, 6) is -2.39. The molecule has 3 aromatic rings. The standard InChI is InChI=1S/C28H32N2O.C4H4O5/c1-4-11-25(12-5-1)13-10-18-29-19-21-30(22-20-29)23-24-31-28(26-14-6-2-7-15-26)27-16-8-3-9-17-27;5-3(6)1-2-4(7)9-8/h1-12,14-18,28H,13,19-24H2;1-2,8H,(H,5,6)/b18-10+;2-1-. The number of allylic oxidation sites excluding steroid dienone is 1. The molecule has 0 atom stereocenters. The lowest BCUT2D eigenvalue weighted by molar-refractivity contribution is -0.228. The topological polar surface area (TPSA) is 99.5 Å². The zero-order valence-electron chi connectivity index (χ0n) is 22.4. The van der Waals surface area contributed by atoms with Crippen LogP contribution in [-0.4, -0.2) is 71.4 Å². The SMILES string of the molecule is C(=C\N1CCN(CCOC(c2ccccc2)c2ccccc2)CC1)/Cc1ccccc1.O=C(O)/C=C\C(=O)OO. The molecule has 0 aliphatic carbocycles. The molecule has 1 aliphatic heterocycles. The lowest BCUT2D eigenvalue weighted by Crippen LogP contribution is -2.45. The van der Waals surface area contributed by atoms with Gasteiger partial charge in [0.05, 0.1) is 6.61 Å². The van der Waals surface area contributed by atoms with Crippen LogP contribution in [0.4, 0.5) is 0 Å². The molecule has 1 fully saturated rings. The first-order valence-electron chi connectivity index (χ1n) is 13.2. The van der Waals surface area contributed by atoms with Crippen LogP contribution in [0.25, 0.3) is 0 Å². The van der Waals surface area contributed by atoms with Crippen molar-refractivity contribution in [3.05, 3.63) is 132 Å². The summed E-state index contributed by atoms with van der Waals surface area (Å²) in [6.07, 6.45) is 6.67. The van der Waals surface area contributed by atoms with Crippen molar-refractivity contribution < 1.29 is 29.6 Å². The summed E-state index contributed by atoms with van der Waals surface area (Å²) < 4.78 is 6.39. The number of ether oxygens (including phenoxy) is 1. The molecule has 0 aromatic heterocycles. The van der Waals surface area contributed by atoms with E-state index in [2.05, 4.69) is 118 Å². The summed E-state index contributed by atoms with van der Waals surface area (Å²) in [6.45, 7) is 6.02. The van der Waals surface area contributed by atoms with E-state index in [1.54, 1.807) is 0 Å². The van der Waals surface area contributed by atoms with E-state index >= 15 is 0 Å². The number of hydrogen-bond donors (Lipinski definition) is 2. The number of piperazine rings is 1. The van der Waals surface area contributed by atoms with Gasteiger partial charge in [0, 0.05) is 44.9 Å². The van der Waals surface area contributed by atoms with Gasteiger partial charge in [-0.05, 0) is 29.3 Å². The van der Waals surface area contributed by atoms with Crippen LogP contribution in [0.3, 0.4) is 0 Å². The normalized spacial score (nSPS) is 13.8. The van der Waals surface area contributed by atoms with Crippen molar-refractivity contribution in [1.29, 1.82) is 0 Å². The molecular formula is C32H36N2O6. The third-order valence-electron chi connectivity index (χ3n) is 6.27. The highest BCUT2D eigenvalue weighted by Gasteiger charge is 2.17. The Bertz CT molecular complexity index is 1150. The Morgan fingerprint density at radius 2 is 1.35 bits per heavy atom. The molecule has 0 spiro atoms. The van der Waals surface area contributed by atoms with Crippen LogP contribution in [0, 0.1) is 0 Å². The Labute approximate surface area is 235 Å². The van der Waals surface area contributed by atoms with Crippen LogP contribution in [0.1, 0.15) is 22.8 Å². The van der Waals surface area contributed by atoms with E-state index in [0.29, 0.717) is 12.2 Å². The molecule has 0 amide bonds. The molecule has 4 rings (SSSR count). The second kappa shape index (κ2) is 17.4. The third-order valence-corrected chi connectivity index (χ3v) is 6.27. The molecule has 0 radical (unpaired) electrons. The maximum Gasteiger partial charge on any atom is 0.365 e. The van der Waals surface area contributed by atoms with Crippen molar-refractivity contribution in [2.45, 2.75) is 12.5 Å². The van der Waals surface area contributed by atoms with Crippen molar-refractivity contribution in [3.8, 4) is 0 Å². The fourth-order valence-corrected chi connectivity index (χ4v) is 4.20. The van der Waals surface area contributed by atoms with Gasteiger partial charge in [-0.2, -0.15) is 5.26 Å². The maximum atomic E-state index is 9.89. The van der Waals surface area contributed by atoms with Crippen molar-refractivity contribution in [1.82, 2.24) is 9.80 Å². The summed E-state index contributed by atoms with van der Waals surface area (Å²) in [6, 6.07) is 31.7. The predicted molar refractivity (Wildman–Crippen MR) is 153 cm³/mol. The summed E-state index contributed by atoms with van der Waals surface area (Å²) in [5, 5.41) is 15.4. The summed E-state index contributed by atoms with van der Waals surface area (Å²) in [4.78, 5) is 27.6. The zero-order valence-corrected chi connectivity index (χ0v) is 22.4. The second-order valence-corrected chi connectivity index (χ2v) is 9.11. The van der Waals surface area contributed by atoms with Gasteiger partial charge < -0.3 is 14.7 Å². The first-order chi connectivity index (χ1) is 19.5. The van der Waals surface area contributed by atoms with Gasteiger partial charge in [-0.25, -0.2) is 9.59 Å². The van der Waals surface area contributed by atoms with Gasteiger partial charge in [0.15, 0.2) is 0 Å². The lowest BCUT2D eigenvalue weighted by Gasteiger charge is -2.34. The molecule has 1 aliphatic rings. The molecule has 3 aromatic carbocycles. The highest BCUT2D eigenvalue weighted by atomic mass is 17.1. The van der Waals surface area contributed by atoms with Crippen LogP contribution in [-0.2, 0) is 25.6 Å². The average Bonchev–Trinajstić information content (AvgIpc) is 3.00. The minimum atomic E-state index is -1.28. The average molecular weight is 545 g/mol. The van der Waals surface area contributed by atoms with E-state index in [1.165, 1.54) is 16.7 Å². The molecule has 1 saturated heterocycles. The largest absolute Gasteiger partial charge is 0.478 e. The molecular weight excluding hydrogens is 508 g/mol. The van der Waals surface area contributed by atoms with Crippen molar-refractivity contribution in [2.75, 3.05) is 39.3 Å². The molecule has 0 unspecified atom stereocenters. The van der Waals surface area contributed by atoms with E-state index in [-0.39, 0.29) is 6.10 Å². The van der Waals surface area contributed by atoms with Crippen LogP contribution < -0.4 is 0 Å². The second-order valence-electron chi connectivity index (χ2n) is 9.11. The van der Waals surface area contributed by atoms with E-state index in [1.807, 2.05) is 0 Å². The van der Waals surface area contributed by atoms with Crippen LogP contribution in [0.2, 0.25) is 0 Å². The van der Waals surface area contributed by atoms with E-state index in [9.17, 15) is 9.59 Å². The lowest BCUT2D eigenvalue weighted by atomic mass is 10.0. The maximum absolute atomic E-state index is 9.89. The number of carbonyl (C=O) groups is 2. The zero-order chi connectivity index (χ0) is 28.4. The van der Waals surface area contributed by atoms with Gasteiger partial charge in [0.1, 0.15) is 6.10 Å². The first-order valence-corrected chi connectivity index (χ1v) is 13.2. The Balaban J connectivity index is 0.000000424. The van der Waals surface area contributed by atoms with Gasteiger partial charge in [0.25, 0.3) is 0 Å². The number of benzene rings is 3. The highest BCUT2D eigenvalue weighted by molar-refractivity contribution is 5.90. The predicted octanol–water partition coefficient (Wildman–Crippen LogP) is 4.81. The highest BCUT2D eigenvalue weighted by Crippen LogP contribution is 2.25. The van der Waals surface area contributed by atoms with Gasteiger partial charge in [-0.1, -0.05) is 97.1 Å². The Morgan fingerprint density at radius 1 is 0.800 bits per heavy atom. The Hall–Kier alpha value is -4.24. The minimum absolute atomic E-state index is 0.00962. The fourth-order valence-electron chi connectivity index (χ4n) is 4.20. The van der Waals surface area contributed by atoms with Crippen molar-refractivity contribution in [2.24, 2.45) is 0 Å². The minimum Gasteiger partial charge on any atom is -0.478 e. The van der Waals surface area contributed by atoms with Gasteiger partial charge in [-0.3, -0.25) is 9.79 Å². The molecule has 0 saturated carbocycles. The molecule has 1 heterocycles. The molecule has 0 bridgehead atoms. The Morgan fingerprint density at radius 3 is 1.88 bits per heavy atom. The third kappa shape index (κ3) is 11.2. The number of aliphatic carboxylic acids is 1. The molecule has 2 N–H and O–H groups in total. The molecule has 210 valence electrons. The number of hydrogen-bond acceptors (Lipinski definition) is 7. The molecule has 40 heavy (non-hydrogen) atoms. The van der Waals surface area contributed by atoms with Crippen molar-refractivity contribution in [3.63, 3.8) is 0 Å². The molecule has 8 nitrogen and oxygen atoms in total. The van der Waals surface area contributed by atoms with E-state index < -0.39 is 11.9 Å². The fraction of sp³-hybridized carbons (Fsp3) is 0.250. The number of carboxylic acid groups (broad SMARTS) is 1. The van der Waals surface area contributed by atoms with Gasteiger partial charge in [0.2, 0.25) is 0 Å². The van der Waals surface area contributed by atoms with Crippen LogP contribution >= 0.6 is 0 Å². The van der Waals surface area contributed by atoms with Crippen LogP contribution in [0.15, 0.2) is 115 Å². The van der Waals surface area contributed by atoms with E-state index in [0.717, 1.165) is 45.8 Å². The number of carboxylic acids is 1. The summed E-state index contributed by atoms with van der Waals surface area (Å²) in [7, 11) is 0. The van der Waals surface area contributed by atoms with Crippen LogP contribution in [0.5, 0.6) is 0 Å². The van der Waals surface area contributed by atoms with Gasteiger partial charge >= 0.3 is 11.9 Å². The monoisotopic (exact) mass is 544 g/mol. The number of carbonyl (C=O) groups excluding carboxylic acids is 1. The van der Waals surface area contributed by atoms with E-state index in [4.69, 9.17) is 15.1 Å². The quantitative estimate of drug-likeness (QED) is 0.202. The number of rotatable bonds is 11. The van der Waals surface area contributed by atoms with Gasteiger partial charge in [-0.15, -0.1) is 0 Å². The Kier molecular flexibility index (Phi) is 13.2.